The van der Waals surface area contributed by atoms with Crippen molar-refractivity contribution in [3.63, 3.8) is 0 Å². The molecule has 0 heterocycles. The predicted molar refractivity (Wildman–Crippen MR) is 129 cm³/mol. The largest absolute Gasteiger partial charge is 0.429 e. The molecule has 5 rings (SSSR count). The van der Waals surface area contributed by atoms with Crippen LogP contribution in [0.5, 0.6) is 5.75 Å². The molecule has 0 aromatic heterocycles. The van der Waals surface area contributed by atoms with Gasteiger partial charge >= 0.3 is 6.11 Å². The van der Waals surface area contributed by atoms with Crippen LogP contribution in [0, 0.1) is 23.3 Å². The summed E-state index contributed by atoms with van der Waals surface area (Å²) in [5.41, 5.74) is 3.21. The van der Waals surface area contributed by atoms with Gasteiger partial charge in [0.15, 0.2) is 17.5 Å². The molecule has 0 radical (unpaired) electrons. The van der Waals surface area contributed by atoms with Crippen LogP contribution in [-0.4, -0.2) is 0 Å². The summed E-state index contributed by atoms with van der Waals surface area (Å²) in [6.07, 6.45) is 0.742. The molecular formula is C30H22F6O. The van der Waals surface area contributed by atoms with Gasteiger partial charge in [0.25, 0.3) is 0 Å². The summed E-state index contributed by atoms with van der Waals surface area (Å²) in [6.45, 7) is 0. The first-order chi connectivity index (χ1) is 17.7. The summed E-state index contributed by atoms with van der Waals surface area (Å²) in [5.74, 6) is -6.83. The van der Waals surface area contributed by atoms with E-state index in [9.17, 15) is 26.3 Å². The third-order valence-electron chi connectivity index (χ3n) is 6.77. The normalized spacial score (nSPS) is 14.2. The summed E-state index contributed by atoms with van der Waals surface area (Å²) in [7, 11) is 0. The van der Waals surface area contributed by atoms with Gasteiger partial charge in [-0.1, -0.05) is 67.4 Å². The van der Waals surface area contributed by atoms with Crippen LogP contribution in [0.2, 0.25) is 0 Å². The van der Waals surface area contributed by atoms with Gasteiger partial charge in [-0.15, -0.1) is 0 Å². The van der Waals surface area contributed by atoms with E-state index in [1.807, 2.05) is 12.1 Å². The average molecular weight is 512 g/mol. The average Bonchev–Trinajstić information content (AvgIpc) is 3.42. The summed E-state index contributed by atoms with van der Waals surface area (Å²) in [6, 6.07) is 19.4. The number of benzene rings is 4. The minimum absolute atomic E-state index is 0.266. The molecular weight excluding hydrogens is 490 g/mol. The number of alkyl halides is 2. The zero-order valence-corrected chi connectivity index (χ0v) is 19.6. The van der Waals surface area contributed by atoms with Crippen molar-refractivity contribution in [3.8, 4) is 28.0 Å². The SMILES string of the molecule is Fc1cc(-c2ccc(-c3ccc(C4CCCC4)cc3)cc2)ccc1C(F)(F)Oc1cc(F)c(F)c(F)c1. The maximum Gasteiger partial charge on any atom is 0.429 e. The Kier molecular flexibility index (Phi) is 6.71. The summed E-state index contributed by atoms with van der Waals surface area (Å²) in [4.78, 5) is 0. The van der Waals surface area contributed by atoms with Crippen LogP contribution >= 0.6 is 0 Å². The van der Waals surface area contributed by atoms with Crippen molar-refractivity contribution >= 4 is 0 Å². The fraction of sp³-hybridized carbons (Fsp3) is 0.200. The first-order valence-corrected chi connectivity index (χ1v) is 11.9. The summed E-state index contributed by atoms with van der Waals surface area (Å²) in [5, 5.41) is 0. The Hall–Kier alpha value is -3.74. The van der Waals surface area contributed by atoms with Crippen molar-refractivity contribution < 1.29 is 31.1 Å². The van der Waals surface area contributed by atoms with E-state index < -0.39 is 40.7 Å². The van der Waals surface area contributed by atoms with Gasteiger partial charge in [-0.05, 0) is 58.7 Å². The number of rotatable bonds is 6. The van der Waals surface area contributed by atoms with Gasteiger partial charge in [-0.25, -0.2) is 17.6 Å². The highest BCUT2D eigenvalue weighted by Gasteiger charge is 2.38. The van der Waals surface area contributed by atoms with Crippen molar-refractivity contribution in [1.82, 2.24) is 0 Å². The zero-order valence-electron chi connectivity index (χ0n) is 19.6. The predicted octanol–water partition coefficient (Wildman–Crippen LogP) is 9.36. The van der Waals surface area contributed by atoms with Crippen molar-refractivity contribution in [3.05, 3.63) is 113 Å². The highest BCUT2D eigenvalue weighted by Crippen LogP contribution is 2.37. The Balaban J connectivity index is 1.33. The summed E-state index contributed by atoms with van der Waals surface area (Å²) >= 11 is 0. The molecule has 0 bridgehead atoms. The molecule has 7 heteroatoms. The second-order valence-electron chi connectivity index (χ2n) is 9.20. The van der Waals surface area contributed by atoms with Crippen molar-refractivity contribution in [2.45, 2.75) is 37.7 Å². The molecule has 0 saturated heterocycles. The van der Waals surface area contributed by atoms with Crippen LogP contribution in [0.25, 0.3) is 22.3 Å². The maximum absolute atomic E-state index is 14.7. The van der Waals surface area contributed by atoms with Gasteiger partial charge in [0.05, 0.1) is 5.56 Å². The highest BCUT2D eigenvalue weighted by atomic mass is 19.3. The van der Waals surface area contributed by atoms with Crippen molar-refractivity contribution in [2.24, 2.45) is 0 Å². The van der Waals surface area contributed by atoms with Crippen LogP contribution in [0.15, 0.2) is 78.9 Å². The lowest BCUT2D eigenvalue weighted by Crippen LogP contribution is -2.23. The second-order valence-corrected chi connectivity index (χ2v) is 9.20. The quantitative estimate of drug-likeness (QED) is 0.185. The van der Waals surface area contributed by atoms with Gasteiger partial charge in [0, 0.05) is 12.1 Å². The smallest absolute Gasteiger partial charge is 0.429 e. The van der Waals surface area contributed by atoms with E-state index in [2.05, 4.69) is 29.0 Å². The standard InChI is InChI=1S/C30H22F6O/c31-26-15-23(13-14-25(26)30(35,36)37-24-16-27(32)29(34)28(33)17-24)22-11-9-21(10-12-22)20-7-5-19(6-8-20)18-3-1-2-4-18/h5-18H,1-4H2. The number of halogens is 6. The molecule has 1 aliphatic rings. The van der Waals surface area contributed by atoms with Crippen molar-refractivity contribution in [2.75, 3.05) is 0 Å². The van der Waals surface area contributed by atoms with E-state index in [-0.39, 0.29) is 12.1 Å². The monoisotopic (exact) mass is 512 g/mol. The molecule has 4 aromatic carbocycles. The highest BCUT2D eigenvalue weighted by molar-refractivity contribution is 5.70. The summed E-state index contributed by atoms with van der Waals surface area (Å²) < 4.78 is 87.9. The minimum Gasteiger partial charge on any atom is -0.429 e. The van der Waals surface area contributed by atoms with Gasteiger partial charge < -0.3 is 4.74 Å². The van der Waals surface area contributed by atoms with Crippen LogP contribution in [0.3, 0.4) is 0 Å². The molecule has 0 N–H and O–H groups in total. The van der Waals surface area contributed by atoms with Gasteiger partial charge in [-0.3, -0.25) is 0 Å². The van der Waals surface area contributed by atoms with Crippen LogP contribution in [-0.2, 0) is 6.11 Å². The molecule has 0 unspecified atom stereocenters. The third kappa shape index (κ3) is 5.22. The van der Waals surface area contributed by atoms with Crippen LogP contribution < -0.4 is 4.74 Å². The first kappa shape index (κ1) is 24.9. The lowest BCUT2D eigenvalue weighted by Gasteiger charge is -2.19. The van der Waals surface area contributed by atoms with Gasteiger partial charge in [0.1, 0.15) is 11.6 Å². The second kappa shape index (κ2) is 9.96. The Morgan fingerprint density at radius 2 is 1.08 bits per heavy atom. The lowest BCUT2D eigenvalue weighted by molar-refractivity contribution is -0.187. The molecule has 0 aliphatic heterocycles. The van der Waals surface area contributed by atoms with E-state index in [0.29, 0.717) is 17.0 Å². The Morgan fingerprint density at radius 1 is 0.595 bits per heavy atom. The topological polar surface area (TPSA) is 9.23 Å². The number of hydrogen-bond acceptors (Lipinski definition) is 1. The van der Waals surface area contributed by atoms with Gasteiger partial charge in [-0.2, -0.15) is 8.78 Å². The molecule has 4 aromatic rings. The number of ether oxygens (including phenoxy) is 1. The van der Waals surface area contributed by atoms with E-state index in [0.717, 1.165) is 23.3 Å². The molecule has 190 valence electrons. The van der Waals surface area contributed by atoms with Crippen LogP contribution in [0.4, 0.5) is 26.3 Å². The number of hydrogen-bond donors (Lipinski definition) is 0. The lowest BCUT2D eigenvalue weighted by atomic mass is 9.94. The molecule has 0 atom stereocenters. The van der Waals surface area contributed by atoms with E-state index in [1.54, 1.807) is 12.1 Å². The van der Waals surface area contributed by atoms with Crippen molar-refractivity contribution in [1.29, 1.82) is 0 Å². The Bertz CT molecular complexity index is 1380. The van der Waals surface area contributed by atoms with E-state index in [1.165, 1.54) is 37.3 Å². The fourth-order valence-corrected chi connectivity index (χ4v) is 4.79. The van der Waals surface area contributed by atoms with Gasteiger partial charge in [0.2, 0.25) is 0 Å². The molecule has 37 heavy (non-hydrogen) atoms. The van der Waals surface area contributed by atoms with Crippen LogP contribution in [0.1, 0.15) is 42.7 Å². The Morgan fingerprint density at radius 3 is 1.62 bits per heavy atom. The zero-order chi connectivity index (χ0) is 26.2. The molecule has 1 saturated carbocycles. The maximum atomic E-state index is 14.7. The molecule has 0 spiro atoms. The fourth-order valence-electron chi connectivity index (χ4n) is 4.79. The molecule has 1 aliphatic carbocycles. The molecule has 0 amide bonds. The minimum atomic E-state index is -4.26. The van der Waals surface area contributed by atoms with E-state index >= 15 is 0 Å². The third-order valence-corrected chi connectivity index (χ3v) is 6.77. The molecule has 1 nitrogen and oxygen atoms in total. The first-order valence-electron chi connectivity index (χ1n) is 11.9. The Labute approximate surface area is 210 Å². The van der Waals surface area contributed by atoms with E-state index in [4.69, 9.17) is 0 Å². The molecule has 1 fully saturated rings.